The summed E-state index contributed by atoms with van der Waals surface area (Å²) >= 11 is 0. The fourth-order valence-corrected chi connectivity index (χ4v) is 0.845. The molecule has 0 heterocycles. The third-order valence-electron chi connectivity index (χ3n) is 1.45. The standard InChI is InChI=1S/C9H12N2O2/c10-11-7-6-9(12)13-8-4-2-1-3-5-8/h1-5,11H,6-7,10H2. The van der Waals surface area contributed by atoms with Gasteiger partial charge in [-0.05, 0) is 12.1 Å². The number of benzene rings is 1. The van der Waals surface area contributed by atoms with Gasteiger partial charge in [-0.1, -0.05) is 18.2 Å². The number of hydrogen-bond acceptors (Lipinski definition) is 4. The highest BCUT2D eigenvalue weighted by molar-refractivity contribution is 5.72. The molecule has 0 bridgehead atoms. The van der Waals surface area contributed by atoms with Crippen LogP contribution in [0.2, 0.25) is 0 Å². The smallest absolute Gasteiger partial charge is 0.312 e. The zero-order chi connectivity index (χ0) is 9.52. The monoisotopic (exact) mass is 180 g/mol. The molecule has 1 rings (SSSR count). The number of carbonyl (C=O) groups is 1. The zero-order valence-electron chi connectivity index (χ0n) is 7.19. The van der Waals surface area contributed by atoms with Crippen LogP contribution in [-0.2, 0) is 4.79 Å². The van der Waals surface area contributed by atoms with Gasteiger partial charge in [-0.3, -0.25) is 16.1 Å². The zero-order valence-corrected chi connectivity index (χ0v) is 7.19. The second-order valence-electron chi connectivity index (χ2n) is 2.49. The highest BCUT2D eigenvalue weighted by Crippen LogP contribution is 2.08. The van der Waals surface area contributed by atoms with Crippen molar-refractivity contribution >= 4 is 5.97 Å². The summed E-state index contributed by atoms with van der Waals surface area (Å²) in [4.78, 5) is 11.1. The quantitative estimate of drug-likeness (QED) is 0.305. The summed E-state index contributed by atoms with van der Waals surface area (Å²) in [5.41, 5.74) is 2.38. The van der Waals surface area contributed by atoms with Gasteiger partial charge >= 0.3 is 5.97 Å². The van der Waals surface area contributed by atoms with Gasteiger partial charge in [0.25, 0.3) is 0 Å². The SMILES string of the molecule is NNCCC(=O)Oc1ccccc1. The lowest BCUT2D eigenvalue weighted by atomic mass is 10.3. The first-order chi connectivity index (χ1) is 6.33. The van der Waals surface area contributed by atoms with Crippen LogP contribution in [0, 0.1) is 0 Å². The molecule has 0 aliphatic heterocycles. The van der Waals surface area contributed by atoms with Crippen molar-refractivity contribution in [3.63, 3.8) is 0 Å². The van der Waals surface area contributed by atoms with Crippen LogP contribution in [0.25, 0.3) is 0 Å². The molecule has 0 aromatic heterocycles. The Kier molecular flexibility index (Phi) is 3.95. The molecule has 4 nitrogen and oxygen atoms in total. The molecule has 0 aliphatic rings. The number of hydrazine groups is 1. The largest absolute Gasteiger partial charge is 0.426 e. The molecule has 0 aliphatic carbocycles. The fraction of sp³-hybridized carbons (Fsp3) is 0.222. The third kappa shape index (κ3) is 3.68. The van der Waals surface area contributed by atoms with Gasteiger partial charge in [0.15, 0.2) is 0 Å². The number of carbonyl (C=O) groups excluding carboxylic acids is 1. The van der Waals surface area contributed by atoms with Gasteiger partial charge in [0.2, 0.25) is 0 Å². The Hall–Kier alpha value is -1.39. The Morgan fingerprint density at radius 3 is 2.69 bits per heavy atom. The summed E-state index contributed by atoms with van der Waals surface area (Å²) in [7, 11) is 0. The van der Waals surface area contributed by atoms with Crippen molar-refractivity contribution in [1.82, 2.24) is 5.43 Å². The van der Waals surface area contributed by atoms with E-state index in [2.05, 4.69) is 5.43 Å². The van der Waals surface area contributed by atoms with Crippen LogP contribution in [0.15, 0.2) is 30.3 Å². The van der Waals surface area contributed by atoms with Gasteiger partial charge < -0.3 is 4.74 Å². The second-order valence-corrected chi connectivity index (χ2v) is 2.49. The molecule has 1 aromatic rings. The number of hydrogen-bond donors (Lipinski definition) is 2. The average molecular weight is 180 g/mol. The molecule has 3 N–H and O–H groups in total. The van der Waals surface area contributed by atoms with Crippen molar-refractivity contribution in [3.8, 4) is 5.75 Å². The lowest BCUT2D eigenvalue weighted by molar-refractivity contribution is -0.134. The Morgan fingerprint density at radius 2 is 2.08 bits per heavy atom. The molecule has 0 saturated heterocycles. The molecule has 0 unspecified atom stereocenters. The Morgan fingerprint density at radius 1 is 1.38 bits per heavy atom. The molecule has 4 heteroatoms. The summed E-state index contributed by atoms with van der Waals surface area (Å²) in [6.45, 7) is 0.422. The van der Waals surface area contributed by atoms with Crippen LogP contribution in [0.5, 0.6) is 5.75 Å². The normalized spacial score (nSPS) is 9.62. The highest BCUT2D eigenvalue weighted by Gasteiger charge is 2.02. The van der Waals surface area contributed by atoms with E-state index in [1.54, 1.807) is 12.1 Å². The van der Waals surface area contributed by atoms with Gasteiger partial charge in [-0.25, -0.2) is 0 Å². The van der Waals surface area contributed by atoms with E-state index in [1.807, 2.05) is 18.2 Å². The van der Waals surface area contributed by atoms with Gasteiger partial charge in [0.1, 0.15) is 5.75 Å². The van der Waals surface area contributed by atoms with E-state index in [4.69, 9.17) is 10.6 Å². The maximum atomic E-state index is 11.1. The van der Waals surface area contributed by atoms with E-state index in [1.165, 1.54) is 0 Å². The highest BCUT2D eigenvalue weighted by atomic mass is 16.5. The van der Waals surface area contributed by atoms with E-state index in [0.717, 1.165) is 0 Å². The number of ether oxygens (including phenoxy) is 1. The summed E-state index contributed by atoms with van der Waals surface area (Å²) < 4.78 is 4.98. The maximum absolute atomic E-state index is 11.1. The lowest BCUT2D eigenvalue weighted by Crippen LogP contribution is -2.26. The summed E-state index contributed by atoms with van der Waals surface area (Å²) in [5.74, 6) is 5.28. The molecule has 0 saturated carbocycles. The van der Waals surface area contributed by atoms with Gasteiger partial charge in [0, 0.05) is 6.54 Å². The topological polar surface area (TPSA) is 64.3 Å². The van der Waals surface area contributed by atoms with Crippen molar-refractivity contribution < 1.29 is 9.53 Å². The predicted molar refractivity (Wildman–Crippen MR) is 48.9 cm³/mol. The van der Waals surface area contributed by atoms with E-state index in [0.29, 0.717) is 12.3 Å². The molecule has 0 amide bonds. The second kappa shape index (κ2) is 5.29. The Balaban J connectivity index is 2.37. The van der Waals surface area contributed by atoms with Crippen molar-refractivity contribution in [2.24, 2.45) is 5.84 Å². The molecule has 0 fully saturated rings. The predicted octanol–water partition coefficient (Wildman–Crippen LogP) is 0.445. The Bertz CT molecular complexity index is 262. The Labute approximate surface area is 76.7 Å². The summed E-state index contributed by atoms with van der Waals surface area (Å²) in [6, 6.07) is 8.94. The summed E-state index contributed by atoms with van der Waals surface area (Å²) in [6.07, 6.45) is 0.269. The molecular weight excluding hydrogens is 168 g/mol. The molecule has 0 radical (unpaired) electrons. The number of para-hydroxylation sites is 1. The molecular formula is C9H12N2O2. The third-order valence-corrected chi connectivity index (χ3v) is 1.45. The molecule has 1 aromatic carbocycles. The molecule has 13 heavy (non-hydrogen) atoms. The van der Waals surface area contributed by atoms with Crippen molar-refractivity contribution in [1.29, 1.82) is 0 Å². The first-order valence-corrected chi connectivity index (χ1v) is 4.02. The number of nitrogens with one attached hydrogen (secondary N) is 1. The van der Waals surface area contributed by atoms with Gasteiger partial charge in [-0.15, -0.1) is 0 Å². The van der Waals surface area contributed by atoms with E-state index < -0.39 is 0 Å². The first-order valence-electron chi connectivity index (χ1n) is 4.02. The van der Waals surface area contributed by atoms with E-state index in [-0.39, 0.29) is 12.4 Å². The number of nitrogens with two attached hydrogens (primary N) is 1. The van der Waals surface area contributed by atoms with Crippen LogP contribution in [0.1, 0.15) is 6.42 Å². The van der Waals surface area contributed by atoms with Crippen LogP contribution in [0.3, 0.4) is 0 Å². The minimum absolute atomic E-state index is 0.269. The average Bonchev–Trinajstić information content (AvgIpc) is 2.16. The minimum Gasteiger partial charge on any atom is -0.426 e. The molecule has 70 valence electrons. The molecule has 0 spiro atoms. The number of esters is 1. The van der Waals surface area contributed by atoms with Crippen LogP contribution >= 0.6 is 0 Å². The van der Waals surface area contributed by atoms with Crippen molar-refractivity contribution in [2.45, 2.75) is 6.42 Å². The van der Waals surface area contributed by atoms with Crippen LogP contribution in [0.4, 0.5) is 0 Å². The maximum Gasteiger partial charge on any atom is 0.312 e. The van der Waals surface area contributed by atoms with Gasteiger partial charge in [-0.2, -0.15) is 0 Å². The van der Waals surface area contributed by atoms with Crippen LogP contribution in [-0.4, -0.2) is 12.5 Å². The van der Waals surface area contributed by atoms with Crippen LogP contribution < -0.4 is 16.0 Å². The number of rotatable bonds is 4. The summed E-state index contributed by atoms with van der Waals surface area (Å²) in [5, 5.41) is 0. The van der Waals surface area contributed by atoms with E-state index >= 15 is 0 Å². The minimum atomic E-state index is -0.288. The lowest BCUT2D eigenvalue weighted by Gasteiger charge is -2.02. The fourth-order valence-electron chi connectivity index (χ4n) is 0.845. The van der Waals surface area contributed by atoms with E-state index in [9.17, 15) is 4.79 Å². The van der Waals surface area contributed by atoms with Crippen molar-refractivity contribution in [3.05, 3.63) is 30.3 Å². The van der Waals surface area contributed by atoms with Gasteiger partial charge in [0.05, 0.1) is 6.42 Å². The molecule has 0 atom stereocenters. The van der Waals surface area contributed by atoms with Crippen molar-refractivity contribution in [2.75, 3.05) is 6.54 Å². The first kappa shape index (κ1) is 9.70.